The second-order valence-corrected chi connectivity index (χ2v) is 3.36. The summed E-state index contributed by atoms with van der Waals surface area (Å²) in [6.45, 7) is 1.80. The number of aromatic amines is 1. The molecule has 1 saturated carbocycles. The summed E-state index contributed by atoms with van der Waals surface area (Å²) in [5.41, 5.74) is 0. The number of amides is 1. The highest BCUT2D eigenvalue weighted by Crippen LogP contribution is 2.26. The van der Waals surface area contributed by atoms with Crippen LogP contribution < -0.4 is 5.32 Å². The van der Waals surface area contributed by atoms with Crippen molar-refractivity contribution in [2.45, 2.75) is 26.2 Å². The molecule has 2 N–H and O–H groups in total. The number of hydrogen-bond donors (Lipinski definition) is 2. The Morgan fingerprint density at radius 1 is 1.62 bits per heavy atom. The quantitative estimate of drug-likeness (QED) is 0.708. The fourth-order valence-electron chi connectivity index (χ4n) is 1.28. The standard InChI is InChI=1S/C8H12N4O/c1-5-9-8(12-11-5)10-7(13)6-3-2-4-6/h6H,2-4H2,1H3,(H2,9,10,11,12,13). The number of nitrogens with zero attached hydrogens (tertiary/aromatic N) is 2. The predicted octanol–water partition coefficient (Wildman–Crippen LogP) is 0.852. The maximum Gasteiger partial charge on any atom is 0.248 e. The Balaban J connectivity index is 1.93. The average molecular weight is 180 g/mol. The highest BCUT2D eigenvalue weighted by Gasteiger charge is 2.25. The van der Waals surface area contributed by atoms with Gasteiger partial charge in [-0.05, 0) is 19.8 Å². The first-order valence-corrected chi connectivity index (χ1v) is 4.45. The topological polar surface area (TPSA) is 70.7 Å². The van der Waals surface area contributed by atoms with Crippen molar-refractivity contribution in [2.24, 2.45) is 5.92 Å². The minimum absolute atomic E-state index is 0.0465. The van der Waals surface area contributed by atoms with Crippen molar-refractivity contribution in [3.8, 4) is 0 Å². The van der Waals surface area contributed by atoms with E-state index in [1.54, 1.807) is 6.92 Å². The van der Waals surface area contributed by atoms with Crippen LogP contribution in [-0.2, 0) is 4.79 Å². The highest BCUT2D eigenvalue weighted by molar-refractivity contribution is 5.91. The summed E-state index contributed by atoms with van der Waals surface area (Å²) in [4.78, 5) is 15.4. The first-order chi connectivity index (χ1) is 6.25. The molecule has 0 bridgehead atoms. The van der Waals surface area contributed by atoms with Crippen LogP contribution in [0.1, 0.15) is 25.1 Å². The molecule has 1 aliphatic rings. The summed E-state index contributed by atoms with van der Waals surface area (Å²) < 4.78 is 0. The van der Waals surface area contributed by atoms with Gasteiger partial charge in [-0.3, -0.25) is 15.2 Å². The molecule has 1 aromatic heterocycles. The van der Waals surface area contributed by atoms with Gasteiger partial charge in [-0.1, -0.05) is 6.42 Å². The van der Waals surface area contributed by atoms with Crippen LogP contribution in [0.4, 0.5) is 5.95 Å². The van der Waals surface area contributed by atoms with Crippen LogP contribution in [-0.4, -0.2) is 21.1 Å². The van der Waals surface area contributed by atoms with Gasteiger partial charge < -0.3 is 0 Å². The zero-order valence-electron chi connectivity index (χ0n) is 7.50. The third kappa shape index (κ3) is 1.68. The van der Waals surface area contributed by atoms with E-state index in [2.05, 4.69) is 20.5 Å². The Morgan fingerprint density at radius 2 is 2.38 bits per heavy atom. The molecule has 0 unspecified atom stereocenters. The Kier molecular flexibility index (Phi) is 2.00. The lowest BCUT2D eigenvalue weighted by molar-refractivity contribution is -0.122. The van der Waals surface area contributed by atoms with Crippen molar-refractivity contribution in [1.29, 1.82) is 0 Å². The van der Waals surface area contributed by atoms with Crippen LogP contribution >= 0.6 is 0 Å². The van der Waals surface area contributed by atoms with Crippen molar-refractivity contribution in [3.05, 3.63) is 5.82 Å². The Bertz CT molecular complexity index is 316. The summed E-state index contributed by atoms with van der Waals surface area (Å²) in [6, 6.07) is 0. The molecule has 0 atom stereocenters. The maximum atomic E-state index is 11.4. The molecular weight excluding hydrogens is 168 g/mol. The fourth-order valence-corrected chi connectivity index (χ4v) is 1.28. The van der Waals surface area contributed by atoms with Crippen LogP contribution in [0, 0.1) is 12.8 Å². The molecule has 1 heterocycles. The number of anilines is 1. The zero-order valence-corrected chi connectivity index (χ0v) is 7.50. The minimum Gasteiger partial charge on any atom is -0.293 e. The van der Waals surface area contributed by atoms with E-state index in [-0.39, 0.29) is 11.8 Å². The lowest BCUT2D eigenvalue weighted by atomic mass is 9.85. The maximum absolute atomic E-state index is 11.4. The summed E-state index contributed by atoms with van der Waals surface area (Å²) >= 11 is 0. The molecule has 5 heteroatoms. The Labute approximate surface area is 75.9 Å². The Hall–Kier alpha value is -1.39. The average Bonchev–Trinajstić information content (AvgIpc) is 2.31. The number of H-pyrrole nitrogens is 1. The van der Waals surface area contributed by atoms with Crippen LogP contribution in [0.3, 0.4) is 0 Å². The molecule has 70 valence electrons. The molecule has 0 radical (unpaired) electrons. The molecule has 1 amide bonds. The van der Waals surface area contributed by atoms with E-state index in [0.29, 0.717) is 11.8 Å². The summed E-state index contributed by atoms with van der Waals surface area (Å²) in [5.74, 6) is 1.32. The lowest BCUT2D eigenvalue weighted by Crippen LogP contribution is -2.28. The van der Waals surface area contributed by atoms with Crippen LogP contribution in [0.15, 0.2) is 0 Å². The summed E-state index contributed by atoms with van der Waals surface area (Å²) in [6.07, 6.45) is 3.15. The van der Waals surface area contributed by atoms with Gasteiger partial charge in [0.25, 0.3) is 0 Å². The molecule has 5 nitrogen and oxygen atoms in total. The van der Waals surface area contributed by atoms with Crippen molar-refractivity contribution in [3.63, 3.8) is 0 Å². The van der Waals surface area contributed by atoms with E-state index in [4.69, 9.17) is 0 Å². The van der Waals surface area contributed by atoms with Crippen LogP contribution in [0.25, 0.3) is 0 Å². The van der Waals surface area contributed by atoms with Gasteiger partial charge in [-0.25, -0.2) is 0 Å². The van der Waals surface area contributed by atoms with Crippen molar-refractivity contribution >= 4 is 11.9 Å². The number of rotatable bonds is 2. The molecule has 13 heavy (non-hydrogen) atoms. The Morgan fingerprint density at radius 3 is 2.85 bits per heavy atom. The second-order valence-electron chi connectivity index (χ2n) is 3.36. The molecule has 0 aromatic carbocycles. The number of hydrogen-bond acceptors (Lipinski definition) is 3. The molecule has 0 spiro atoms. The number of nitrogens with one attached hydrogen (secondary N) is 2. The van der Waals surface area contributed by atoms with Gasteiger partial charge in [0.15, 0.2) is 0 Å². The van der Waals surface area contributed by atoms with Gasteiger partial charge in [0.05, 0.1) is 0 Å². The smallest absolute Gasteiger partial charge is 0.248 e. The van der Waals surface area contributed by atoms with E-state index in [1.807, 2.05) is 0 Å². The highest BCUT2D eigenvalue weighted by atomic mass is 16.2. The van der Waals surface area contributed by atoms with Gasteiger partial charge in [0.2, 0.25) is 11.9 Å². The van der Waals surface area contributed by atoms with Gasteiger partial charge in [0, 0.05) is 5.92 Å². The summed E-state index contributed by atoms with van der Waals surface area (Å²) in [5, 5.41) is 9.17. The van der Waals surface area contributed by atoms with E-state index < -0.39 is 0 Å². The van der Waals surface area contributed by atoms with E-state index in [1.165, 1.54) is 0 Å². The molecule has 2 rings (SSSR count). The fraction of sp³-hybridized carbons (Fsp3) is 0.625. The van der Waals surface area contributed by atoms with E-state index in [0.717, 1.165) is 19.3 Å². The molecule has 1 aliphatic carbocycles. The van der Waals surface area contributed by atoms with E-state index in [9.17, 15) is 4.79 Å². The zero-order chi connectivity index (χ0) is 9.26. The van der Waals surface area contributed by atoms with Gasteiger partial charge in [-0.2, -0.15) is 4.98 Å². The number of aromatic nitrogens is 3. The van der Waals surface area contributed by atoms with Crippen LogP contribution in [0.5, 0.6) is 0 Å². The number of aryl methyl sites for hydroxylation is 1. The van der Waals surface area contributed by atoms with Gasteiger partial charge >= 0.3 is 0 Å². The molecular formula is C8H12N4O. The largest absolute Gasteiger partial charge is 0.293 e. The lowest BCUT2D eigenvalue weighted by Gasteiger charge is -2.22. The minimum atomic E-state index is 0.0465. The van der Waals surface area contributed by atoms with Gasteiger partial charge in [0.1, 0.15) is 5.82 Å². The number of carbonyl (C=O) groups is 1. The van der Waals surface area contributed by atoms with Crippen molar-refractivity contribution in [2.75, 3.05) is 5.32 Å². The predicted molar refractivity (Wildman–Crippen MR) is 47.1 cm³/mol. The monoisotopic (exact) mass is 180 g/mol. The van der Waals surface area contributed by atoms with E-state index >= 15 is 0 Å². The summed E-state index contributed by atoms with van der Waals surface area (Å²) in [7, 11) is 0. The number of carbonyl (C=O) groups excluding carboxylic acids is 1. The molecule has 1 aromatic rings. The normalized spacial score (nSPS) is 16.7. The third-order valence-corrected chi connectivity index (χ3v) is 2.31. The second kappa shape index (κ2) is 3.16. The van der Waals surface area contributed by atoms with Crippen molar-refractivity contribution < 1.29 is 4.79 Å². The first-order valence-electron chi connectivity index (χ1n) is 4.45. The first kappa shape index (κ1) is 8.22. The molecule has 0 aliphatic heterocycles. The SMILES string of the molecule is Cc1nc(NC(=O)C2CCC2)n[nH]1. The third-order valence-electron chi connectivity index (χ3n) is 2.31. The molecule has 1 fully saturated rings. The van der Waals surface area contributed by atoms with Gasteiger partial charge in [-0.15, -0.1) is 5.10 Å². The van der Waals surface area contributed by atoms with Crippen LogP contribution in [0.2, 0.25) is 0 Å². The molecule has 0 saturated heterocycles. The van der Waals surface area contributed by atoms with Crippen molar-refractivity contribution in [1.82, 2.24) is 15.2 Å².